The predicted octanol–water partition coefficient (Wildman–Crippen LogP) is 2.58. The Bertz CT molecular complexity index is 184. The Labute approximate surface area is 91.2 Å². The highest BCUT2D eigenvalue weighted by atomic mass is 32.2. The van der Waals surface area contributed by atoms with E-state index in [0.29, 0.717) is 12.5 Å². The average Bonchev–Trinajstić information content (AvgIpc) is 2.53. The van der Waals surface area contributed by atoms with E-state index in [9.17, 15) is 4.79 Å². The van der Waals surface area contributed by atoms with Gasteiger partial charge in [0.1, 0.15) is 0 Å². The molecule has 1 amide bonds. The van der Waals surface area contributed by atoms with Crippen molar-refractivity contribution in [2.75, 3.05) is 5.75 Å². The fraction of sp³-hybridized carbons (Fsp3) is 0.909. The highest BCUT2D eigenvalue weighted by Crippen LogP contribution is 2.29. The molecule has 0 aromatic rings. The number of rotatable bonds is 5. The smallest absolute Gasteiger partial charge is 0.220 e. The molecule has 0 saturated heterocycles. The van der Waals surface area contributed by atoms with Crippen molar-refractivity contribution >= 4 is 17.7 Å². The molecule has 1 fully saturated rings. The van der Waals surface area contributed by atoms with Gasteiger partial charge in [-0.05, 0) is 31.4 Å². The Balaban J connectivity index is 2.18. The van der Waals surface area contributed by atoms with Gasteiger partial charge in [0, 0.05) is 17.7 Å². The summed E-state index contributed by atoms with van der Waals surface area (Å²) in [5, 5.41) is 3.90. The Hall–Kier alpha value is -0.180. The minimum Gasteiger partial charge on any atom is -0.353 e. The van der Waals surface area contributed by atoms with Crippen molar-refractivity contribution in [1.82, 2.24) is 5.32 Å². The maximum atomic E-state index is 11.3. The Morgan fingerprint density at radius 3 is 2.86 bits per heavy atom. The molecule has 3 heteroatoms. The fourth-order valence-corrected chi connectivity index (χ4v) is 3.13. The highest BCUT2D eigenvalue weighted by molar-refractivity contribution is 7.99. The average molecular weight is 215 g/mol. The van der Waals surface area contributed by atoms with Gasteiger partial charge in [-0.2, -0.15) is 11.8 Å². The fourth-order valence-electron chi connectivity index (χ4n) is 1.99. The van der Waals surface area contributed by atoms with Crippen molar-refractivity contribution in [2.24, 2.45) is 0 Å². The second kappa shape index (κ2) is 6.33. The van der Waals surface area contributed by atoms with E-state index in [1.165, 1.54) is 25.0 Å². The van der Waals surface area contributed by atoms with Crippen LogP contribution < -0.4 is 5.32 Å². The van der Waals surface area contributed by atoms with Crippen LogP contribution in [0, 0.1) is 0 Å². The van der Waals surface area contributed by atoms with Gasteiger partial charge in [0.15, 0.2) is 0 Å². The number of nitrogens with one attached hydrogen (secondary N) is 1. The summed E-state index contributed by atoms with van der Waals surface area (Å²) in [6.45, 7) is 4.25. The number of carbonyl (C=O) groups is 1. The van der Waals surface area contributed by atoms with Crippen molar-refractivity contribution < 1.29 is 4.79 Å². The second-order valence-corrected chi connectivity index (χ2v) is 5.48. The topological polar surface area (TPSA) is 29.1 Å². The normalized spacial score (nSPS) is 26.4. The number of amides is 1. The Kier molecular flexibility index (Phi) is 5.38. The lowest BCUT2D eigenvalue weighted by atomic mass is 10.2. The van der Waals surface area contributed by atoms with E-state index < -0.39 is 0 Å². The van der Waals surface area contributed by atoms with Crippen molar-refractivity contribution in [2.45, 2.75) is 57.2 Å². The summed E-state index contributed by atoms with van der Waals surface area (Å²) in [5.41, 5.74) is 0. The number of thioether (sulfide) groups is 1. The third-order valence-electron chi connectivity index (χ3n) is 2.63. The van der Waals surface area contributed by atoms with Crippen molar-refractivity contribution in [3.05, 3.63) is 0 Å². The molecule has 1 rings (SSSR count). The van der Waals surface area contributed by atoms with E-state index in [1.807, 2.05) is 18.7 Å². The Morgan fingerprint density at radius 2 is 2.21 bits per heavy atom. The molecule has 14 heavy (non-hydrogen) atoms. The molecular weight excluding hydrogens is 194 g/mol. The molecule has 2 nitrogen and oxygen atoms in total. The predicted molar refractivity (Wildman–Crippen MR) is 62.6 cm³/mol. The van der Waals surface area contributed by atoms with E-state index in [4.69, 9.17) is 0 Å². The van der Waals surface area contributed by atoms with Gasteiger partial charge in [-0.1, -0.05) is 13.8 Å². The first-order valence-electron chi connectivity index (χ1n) is 5.67. The summed E-state index contributed by atoms with van der Waals surface area (Å²) in [7, 11) is 0. The third kappa shape index (κ3) is 3.91. The van der Waals surface area contributed by atoms with Gasteiger partial charge in [-0.15, -0.1) is 0 Å². The molecule has 0 bridgehead atoms. The van der Waals surface area contributed by atoms with Crippen LogP contribution in [0.3, 0.4) is 0 Å². The van der Waals surface area contributed by atoms with Crippen LogP contribution >= 0.6 is 11.8 Å². The molecular formula is C11H21NOS. The largest absolute Gasteiger partial charge is 0.353 e. The van der Waals surface area contributed by atoms with Crippen LogP contribution in [0.25, 0.3) is 0 Å². The maximum Gasteiger partial charge on any atom is 0.220 e. The number of hydrogen-bond donors (Lipinski definition) is 1. The quantitative estimate of drug-likeness (QED) is 0.763. The molecule has 0 aromatic heterocycles. The molecule has 82 valence electrons. The zero-order chi connectivity index (χ0) is 10.4. The lowest BCUT2D eigenvalue weighted by Crippen LogP contribution is -2.32. The lowest BCUT2D eigenvalue weighted by molar-refractivity contribution is -0.121. The molecule has 2 unspecified atom stereocenters. The summed E-state index contributed by atoms with van der Waals surface area (Å²) in [6.07, 6.45) is 5.25. The molecule has 0 radical (unpaired) electrons. The van der Waals surface area contributed by atoms with Crippen LogP contribution in [0.2, 0.25) is 0 Å². The van der Waals surface area contributed by atoms with Gasteiger partial charge < -0.3 is 5.32 Å². The molecule has 0 aromatic carbocycles. The third-order valence-corrected chi connectivity index (χ3v) is 3.86. The molecule has 2 atom stereocenters. The molecule has 0 spiro atoms. The molecule has 1 N–H and O–H groups in total. The van der Waals surface area contributed by atoms with E-state index in [1.54, 1.807) is 0 Å². The van der Waals surface area contributed by atoms with Crippen LogP contribution in [-0.4, -0.2) is 23.0 Å². The first-order valence-corrected chi connectivity index (χ1v) is 6.72. The molecule has 0 aliphatic heterocycles. The van der Waals surface area contributed by atoms with Crippen molar-refractivity contribution in [1.29, 1.82) is 0 Å². The zero-order valence-corrected chi connectivity index (χ0v) is 10.0. The van der Waals surface area contributed by atoms with Gasteiger partial charge in [0.05, 0.1) is 0 Å². The molecule has 1 aliphatic carbocycles. The summed E-state index contributed by atoms with van der Waals surface area (Å²) in [6, 6.07) is 0.457. The van der Waals surface area contributed by atoms with Crippen LogP contribution in [0.5, 0.6) is 0 Å². The van der Waals surface area contributed by atoms with Gasteiger partial charge >= 0.3 is 0 Å². The Morgan fingerprint density at radius 1 is 1.43 bits per heavy atom. The highest BCUT2D eigenvalue weighted by Gasteiger charge is 2.25. The summed E-state index contributed by atoms with van der Waals surface area (Å²) in [5.74, 6) is 1.43. The minimum absolute atomic E-state index is 0.236. The van der Waals surface area contributed by atoms with Crippen LogP contribution in [0.4, 0.5) is 0 Å². The minimum atomic E-state index is 0.236. The number of hydrogen-bond acceptors (Lipinski definition) is 2. The van der Waals surface area contributed by atoms with Crippen molar-refractivity contribution in [3.63, 3.8) is 0 Å². The second-order valence-electron chi connectivity index (χ2n) is 3.90. The summed E-state index contributed by atoms with van der Waals surface area (Å²) < 4.78 is 0. The van der Waals surface area contributed by atoms with Gasteiger partial charge in [-0.25, -0.2) is 0 Å². The van der Waals surface area contributed by atoms with E-state index in [-0.39, 0.29) is 5.91 Å². The SMILES string of the molecule is CCCC(=O)NC1CCC(SCC)C1. The summed E-state index contributed by atoms with van der Waals surface area (Å²) in [4.78, 5) is 11.3. The van der Waals surface area contributed by atoms with Gasteiger partial charge in [0.2, 0.25) is 5.91 Å². The molecule has 1 saturated carbocycles. The zero-order valence-electron chi connectivity index (χ0n) is 9.21. The number of carbonyl (C=O) groups excluding carboxylic acids is 1. The maximum absolute atomic E-state index is 11.3. The molecule has 0 heterocycles. The van der Waals surface area contributed by atoms with E-state index in [2.05, 4.69) is 12.2 Å². The monoisotopic (exact) mass is 215 g/mol. The van der Waals surface area contributed by atoms with Crippen LogP contribution in [-0.2, 0) is 4.79 Å². The first kappa shape index (κ1) is 11.9. The van der Waals surface area contributed by atoms with Crippen LogP contribution in [0.1, 0.15) is 46.0 Å². The van der Waals surface area contributed by atoms with E-state index in [0.717, 1.165) is 11.7 Å². The van der Waals surface area contributed by atoms with Gasteiger partial charge in [-0.3, -0.25) is 4.79 Å². The first-order chi connectivity index (χ1) is 6.76. The molecule has 1 aliphatic rings. The lowest BCUT2D eigenvalue weighted by Gasteiger charge is -2.12. The summed E-state index contributed by atoms with van der Waals surface area (Å²) >= 11 is 2.03. The van der Waals surface area contributed by atoms with Crippen LogP contribution in [0.15, 0.2) is 0 Å². The van der Waals surface area contributed by atoms with E-state index >= 15 is 0 Å². The standard InChI is InChI=1S/C11H21NOS/c1-3-5-11(13)12-9-6-7-10(8-9)14-4-2/h9-10H,3-8H2,1-2H3,(H,12,13). The van der Waals surface area contributed by atoms with Gasteiger partial charge in [0.25, 0.3) is 0 Å². The van der Waals surface area contributed by atoms with Crippen molar-refractivity contribution in [3.8, 4) is 0 Å².